The average Bonchev–Trinajstić information content (AvgIpc) is 2.06. The Hall–Kier alpha value is -1.30. The van der Waals surface area contributed by atoms with Crippen molar-refractivity contribution in [3.8, 4) is 0 Å². The smallest absolute Gasteiger partial charge is 0.383 e. The molecule has 0 aliphatic rings. The fourth-order valence-corrected chi connectivity index (χ4v) is 0.998. The molecule has 1 aromatic heterocycles. The van der Waals surface area contributed by atoms with Crippen molar-refractivity contribution in [1.29, 1.82) is 0 Å². The molecule has 0 aliphatic heterocycles. The van der Waals surface area contributed by atoms with Crippen molar-refractivity contribution in [1.82, 2.24) is 4.98 Å². The Bertz CT molecular complexity index is 338. The highest BCUT2D eigenvalue weighted by Gasteiger charge is 2.40. The van der Waals surface area contributed by atoms with Gasteiger partial charge in [0.05, 0.1) is 0 Å². The van der Waals surface area contributed by atoms with E-state index in [4.69, 9.17) is 10.8 Å². The number of anilines is 1. The summed E-state index contributed by atoms with van der Waals surface area (Å²) >= 11 is 0. The molecule has 0 saturated heterocycles. The summed E-state index contributed by atoms with van der Waals surface area (Å²) in [7, 11) is 0. The van der Waals surface area contributed by atoms with Crippen LogP contribution in [0.3, 0.4) is 0 Å². The molecular formula is C8H9F3N2O. The molecule has 0 saturated carbocycles. The first-order valence-electron chi connectivity index (χ1n) is 3.79. The number of hydrogen-bond acceptors (Lipinski definition) is 3. The number of halogens is 3. The van der Waals surface area contributed by atoms with E-state index < -0.39 is 17.8 Å². The first-order chi connectivity index (χ1) is 6.32. The number of nitrogen functional groups attached to an aromatic ring is 1. The molecule has 0 spiro atoms. The van der Waals surface area contributed by atoms with Crippen LogP contribution in [0.4, 0.5) is 19.0 Å². The second-order valence-corrected chi connectivity index (χ2v) is 2.93. The second-order valence-electron chi connectivity index (χ2n) is 2.93. The Morgan fingerprint density at radius 1 is 1.50 bits per heavy atom. The van der Waals surface area contributed by atoms with Crippen LogP contribution in [-0.2, 0) is 0 Å². The number of aryl methyl sites for hydroxylation is 1. The minimum atomic E-state index is -4.72. The van der Waals surface area contributed by atoms with Crippen LogP contribution in [0, 0.1) is 6.92 Å². The number of aliphatic hydroxyl groups excluding tert-OH is 1. The summed E-state index contributed by atoms with van der Waals surface area (Å²) in [5.41, 5.74) is 5.32. The number of alkyl halides is 3. The molecule has 0 fully saturated rings. The topological polar surface area (TPSA) is 59.1 Å². The molecule has 3 N–H and O–H groups in total. The largest absolute Gasteiger partial charge is 0.418 e. The van der Waals surface area contributed by atoms with E-state index in [1.165, 1.54) is 12.3 Å². The van der Waals surface area contributed by atoms with Gasteiger partial charge in [0.15, 0.2) is 6.10 Å². The quantitative estimate of drug-likeness (QED) is 0.733. The number of nitrogens with two attached hydrogens (primary N) is 1. The van der Waals surface area contributed by atoms with Crippen LogP contribution in [0.15, 0.2) is 12.3 Å². The summed E-state index contributed by atoms with van der Waals surface area (Å²) < 4.78 is 36.3. The number of nitrogens with zero attached hydrogens (tertiary/aromatic N) is 1. The molecule has 14 heavy (non-hydrogen) atoms. The summed E-state index contributed by atoms with van der Waals surface area (Å²) in [5.74, 6) is -0.305. The highest BCUT2D eigenvalue weighted by atomic mass is 19.4. The molecule has 1 unspecified atom stereocenters. The number of aliphatic hydroxyl groups is 1. The standard InChI is InChI=1S/C8H9F3N2O/c1-4-2-5(7(12)13-3-4)6(14)8(9,10)11/h2-3,6,14H,1H3,(H2,12,13). The zero-order chi connectivity index (χ0) is 10.9. The maximum Gasteiger partial charge on any atom is 0.418 e. The first kappa shape index (κ1) is 10.8. The molecule has 0 aliphatic carbocycles. The maximum atomic E-state index is 12.1. The van der Waals surface area contributed by atoms with Crippen molar-refractivity contribution >= 4 is 5.82 Å². The van der Waals surface area contributed by atoms with Crippen LogP contribution < -0.4 is 5.73 Å². The summed E-state index contributed by atoms with van der Waals surface area (Å²) in [6.07, 6.45) is -5.96. The maximum absolute atomic E-state index is 12.1. The highest BCUT2D eigenvalue weighted by Crippen LogP contribution is 2.34. The molecule has 1 rings (SSSR count). The van der Waals surface area contributed by atoms with Gasteiger partial charge in [-0.05, 0) is 18.6 Å². The Labute approximate surface area is 78.4 Å². The molecule has 0 amide bonds. The lowest BCUT2D eigenvalue weighted by Crippen LogP contribution is -2.21. The van der Waals surface area contributed by atoms with Crippen molar-refractivity contribution in [2.45, 2.75) is 19.2 Å². The fourth-order valence-electron chi connectivity index (χ4n) is 0.998. The zero-order valence-corrected chi connectivity index (χ0v) is 7.34. The molecule has 3 nitrogen and oxygen atoms in total. The average molecular weight is 206 g/mol. The Kier molecular flexibility index (Phi) is 2.66. The summed E-state index contributed by atoms with van der Waals surface area (Å²) in [5, 5.41) is 8.92. The fraction of sp³-hybridized carbons (Fsp3) is 0.375. The minimum Gasteiger partial charge on any atom is -0.383 e. The molecule has 0 aromatic carbocycles. The normalized spacial score (nSPS) is 14.1. The summed E-state index contributed by atoms with van der Waals surface area (Å²) in [6.45, 7) is 1.57. The second kappa shape index (κ2) is 3.45. The Balaban J connectivity index is 3.12. The number of pyridine rings is 1. The van der Waals surface area contributed by atoms with E-state index in [1.807, 2.05) is 0 Å². The first-order valence-corrected chi connectivity index (χ1v) is 3.79. The molecule has 0 radical (unpaired) electrons. The molecule has 0 bridgehead atoms. The SMILES string of the molecule is Cc1cnc(N)c(C(O)C(F)(F)F)c1. The lowest BCUT2D eigenvalue weighted by Gasteiger charge is -2.16. The third-order valence-corrected chi connectivity index (χ3v) is 1.69. The van der Waals surface area contributed by atoms with Crippen LogP contribution in [0.5, 0.6) is 0 Å². The van der Waals surface area contributed by atoms with Crippen LogP contribution in [0.2, 0.25) is 0 Å². The van der Waals surface area contributed by atoms with Gasteiger partial charge < -0.3 is 10.8 Å². The Morgan fingerprint density at radius 2 is 2.07 bits per heavy atom. The van der Waals surface area contributed by atoms with Gasteiger partial charge in [-0.1, -0.05) is 0 Å². The lowest BCUT2D eigenvalue weighted by molar-refractivity contribution is -0.206. The molecule has 1 aromatic rings. The van der Waals surface area contributed by atoms with Crippen molar-refractivity contribution < 1.29 is 18.3 Å². The van der Waals surface area contributed by atoms with Gasteiger partial charge in [-0.3, -0.25) is 0 Å². The van der Waals surface area contributed by atoms with Crippen LogP contribution >= 0.6 is 0 Å². The molecule has 78 valence electrons. The number of aromatic nitrogens is 1. The third-order valence-electron chi connectivity index (χ3n) is 1.69. The van der Waals surface area contributed by atoms with Gasteiger partial charge >= 0.3 is 6.18 Å². The van der Waals surface area contributed by atoms with Crippen LogP contribution in [0.25, 0.3) is 0 Å². The van der Waals surface area contributed by atoms with E-state index in [-0.39, 0.29) is 5.82 Å². The summed E-state index contributed by atoms with van der Waals surface area (Å²) in [6, 6.07) is 1.17. The highest BCUT2D eigenvalue weighted by molar-refractivity contribution is 5.42. The van der Waals surface area contributed by atoms with Crippen LogP contribution in [0.1, 0.15) is 17.2 Å². The van der Waals surface area contributed by atoms with E-state index in [1.54, 1.807) is 6.92 Å². The third kappa shape index (κ3) is 2.14. The van der Waals surface area contributed by atoms with E-state index >= 15 is 0 Å². The monoisotopic (exact) mass is 206 g/mol. The lowest BCUT2D eigenvalue weighted by atomic mass is 10.1. The molecular weight excluding hydrogens is 197 g/mol. The van der Waals surface area contributed by atoms with Crippen molar-refractivity contribution in [2.24, 2.45) is 0 Å². The predicted molar refractivity (Wildman–Crippen MR) is 44.4 cm³/mol. The van der Waals surface area contributed by atoms with Crippen molar-refractivity contribution in [3.05, 3.63) is 23.4 Å². The molecule has 1 heterocycles. The number of hydrogen-bond donors (Lipinski definition) is 2. The summed E-state index contributed by atoms with van der Waals surface area (Å²) in [4.78, 5) is 3.53. The molecule has 1 atom stereocenters. The zero-order valence-electron chi connectivity index (χ0n) is 7.34. The number of rotatable bonds is 1. The van der Waals surface area contributed by atoms with E-state index in [0.29, 0.717) is 5.56 Å². The van der Waals surface area contributed by atoms with Gasteiger partial charge in [-0.15, -0.1) is 0 Å². The van der Waals surface area contributed by atoms with Gasteiger partial charge in [-0.25, -0.2) is 4.98 Å². The van der Waals surface area contributed by atoms with Gasteiger partial charge in [0.2, 0.25) is 0 Å². The van der Waals surface area contributed by atoms with Gasteiger partial charge in [0, 0.05) is 11.8 Å². The van der Waals surface area contributed by atoms with Gasteiger partial charge in [0.1, 0.15) is 5.82 Å². The molecule has 6 heteroatoms. The van der Waals surface area contributed by atoms with Gasteiger partial charge in [0.25, 0.3) is 0 Å². The van der Waals surface area contributed by atoms with E-state index in [2.05, 4.69) is 4.98 Å². The van der Waals surface area contributed by atoms with Gasteiger partial charge in [-0.2, -0.15) is 13.2 Å². The van der Waals surface area contributed by atoms with Crippen LogP contribution in [-0.4, -0.2) is 16.3 Å². The van der Waals surface area contributed by atoms with Crippen molar-refractivity contribution in [3.63, 3.8) is 0 Å². The van der Waals surface area contributed by atoms with E-state index in [0.717, 1.165) is 0 Å². The van der Waals surface area contributed by atoms with E-state index in [9.17, 15) is 13.2 Å². The predicted octanol–water partition coefficient (Wildman–Crippen LogP) is 1.57. The van der Waals surface area contributed by atoms with Crippen molar-refractivity contribution in [2.75, 3.05) is 5.73 Å². The Morgan fingerprint density at radius 3 is 2.57 bits per heavy atom. The minimum absolute atomic E-state index is 0.305.